The largest absolute Gasteiger partial charge is 0.352 e. The normalized spacial score (nSPS) is 19.1. The fraction of sp³-hybridized carbons (Fsp3) is 0.556. The standard InChI is InChI=1S/C18H27N3O2S/c1-18(2,3)15(20-17(19)23)16(22)21-10-9-13(11-21)12-24-14-7-5-4-6-8-14/h4-8,13,15H,9-12H2,1-3H3,(H3,19,20,23)/t13-,15+/m0/s1. The van der Waals surface area contributed by atoms with Crippen molar-refractivity contribution in [3.05, 3.63) is 30.3 Å². The van der Waals surface area contributed by atoms with Gasteiger partial charge in [0.2, 0.25) is 5.91 Å². The van der Waals surface area contributed by atoms with E-state index in [-0.39, 0.29) is 11.3 Å². The van der Waals surface area contributed by atoms with E-state index in [0.29, 0.717) is 5.92 Å². The highest BCUT2D eigenvalue weighted by Crippen LogP contribution is 2.28. The molecule has 0 spiro atoms. The van der Waals surface area contributed by atoms with Crippen molar-refractivity contribution >= 4 is 23.7 Å². The van der Waals surface area contributed by atoms with Crippen LogP contribution in [0.3, 0.4) is 0 Å². The van der Waals surface area contributed by atoms with Gasteiger partial charge >= 0.3 is 6.03 Å². The smallest absolute Gasteiger partial charge is 0.312 e. The number of nitrogens with two attached hydrogens (primary N) is 1. The van der Waals surface area contributed by atoms with Crippen molar-refractivity contribution in [2.75, 3.05) is 18.8 Å². The lowest BCUT2D eigenvalue weighted by Gasteiger charge is -2.33. The van der Waals surface area contributed by atoms with Crippen LogP contribution in [0.2, 0.25) is 0 Å². The predicted molar refractivity (Wildman–Crippen MR) is 97.8 cm³/mol. The van der Waals surface area contributed by atoms with Gasteiger partial charge < -0.3 is 16.0 Å². The highest BCUT2D eigenvalue weighted by molar-refractivity contribution is 7.99. The summed E-state index contributed by atoms with van der Waals surface area (Å²) in [6.07, 6.45) is 0.999. The molecular formula is C18H27N3O2S. The molecule has 3 amide bonds. The van der Waals surface area contributed by atoms with Crippen LogP contribution in [-0.4, -0.2) is 41.7 Å². The first kappa shape index (κ1) is 18.6. The SMILES string of the molecule is CC(C)(C)[C@H](NC(N)=O)C(=O)N1CC[C@H](CSc2ccccc2)C1. The lowest BCUT2D eigenvalue weighted by molar-refractivity contribution is -0.134. The van der Waals surface area contributed by atoms with E-state index in [1.54, 1.807) is 0 Å². The van der Waals surface area contributed by atoms with E-state index in [4.69, 9.17) is 5.73 Å². The Kier molecular flexibility index (Phi) is 6.15. The summed E-state index contributed by atoms with van der Waals surface area (Å²) in [7, 11) is 0. The number of primary amides is 1. The van der Waals surface area contributed by atoms with Gasteiger partial charge in [-0.15, -0.1) is 11.8 Å². The molecule has 1 aliphatic heterocycles. The van der Waals surface area contributed by atoms with Crippen LogP contribution in [0.25, 0.3) is 0 Å². The minimum Gasteiger partial charge on any atom is -0.352 e. The number of benzene rings is 1. The summed E-state index contributed by atoms with van der Waals surface area (Å²) in [6.45, 7) is 7.29. The maximum absolute atomic E-state index is 12.8. The van der Waals surface area contributed by atoms with Crippen molar-refractivity contribution in [1.29, 1.82) is 0 Å². The summed E-state index contributed by atoms with van der Waals surface area (Å²) in [6, 6.07) is 9.06. The molecule has 2 atom stereocenters. The summed E-state index contributed by atoms with van der Waals surface area (Å²) in [5.41, 5.74) is 4.87. The van der Waals surface area contributed by atoms with Crippen LogP contribution in [0.15, 0.2) is 35.2 Å². The van der Waals surface area contributed by atoms with E-state index in [9.17, 15) is 9.59 Å². The first-order valence-electron chi connectivity index (χ1n) is 8.30. The summed E-state index contributed by atoms with van der Waals surface area (Å²) < 4.78 is 0. The number of thioether (sulfide) groups is 1. The molecule has 0 aromatic heterocycles. The fourth-order valence-corrected chi connectivity index (χ4v) is 3.92. The number of nitrogens with zero attached hydrogens (tertiary/aromatic N) is 1. The van der Waals surface area contributed by atoms with Gasteiger partial charge in [0, 0.05) is 23.7 Å². The maximum Gasteiger partial charge on any atom is 0.312 e. The van der Waals surface area contributed by atoms with Crippen molar-refractivity contribution < 1.29 is 9.59 Å². The first-order valence-corrected chi connectivity index (χ1v) is 9.28. The van der Waals surface area contributed by atoms with E-state index in [0.717, 1.165) is 25.3 Å². The number of likely N-dealkylation sites (tertiary alicyclic amines) is 1. The van der Waals surface area contributed by atoms with Crippen molar-refractivity contribution in [2.24, 2.45) is 17.1 Å². The van der Waals surface area contributed by atoms with Crippen LogP contribution in [0.5, 0.6) is 0 Å². The van der Waals surface area contributed by atoms with E-state index in [1.165, 1.54) is 4.90 Å². The zero-order valence-electron chi connectivity index (χ0n) is 14.6. The Bertz CT molecular complexity index is 571. The quantitative estimate of drug-likeness (QED) is 0.803. The number of hydrogen-bond acceptors (Lipinski definition) is 3. The second kappa shape index (κ2) is 7.92. The minimum atomic E-state index is -0.654. The Morgan fingerprint density at radius 2 is 2.00 bits per heavy atom. The molecule has 0 unspecified atom stereocenters. The third kappa shape index (κ3) is 5.16. The molecule has 1 fully saturated rings. The summed E-state index contributed by atoms with van der Waals surface area (Å²) >= 11 is 1.83. The molecule has 0 radical (unpaired) electrons. The van der Waals surface area contributed by atoms with Gasteiger partial charge in [0.15, 0.2) is 0 Å². The molecule has 132 valence electrons. The Morgan fingerprint density at radius 1 is 1.33 bits per heavy atom. The molecule has 2 rings (SSSR count). The number of hydrogen-bond donors (Lipinski definition) is 2. The molecule has 1 aliphatic rings. The van der Waals surface area contributed by atoms with Gasteiger partial charge in [-0.1, -0.05) is 39.0 Å². The molecule has 1 aromatic rings. The molecule has 6 heteroatoms. The molecule has 1 heterocycles. The Morgan fingerprint density at radius 3 is 2.58 bits per heavy atom. The van der Waals surface area contributed by atoms with Gasteiger partial charge in [-0.05, 0) is 29.9 Å². The van der Waals surface area contributed by atoms with E-state index in [1.807, 2.05) is 55.6 Å². The number of urea groups is 1. The minimum absolute atomic E-state index is 0.0338. The van der Waals surface area contributed by atoms with Crippen LogP contribution in [0.4, 0.5) is 4.79 Å². The van der Waals surface area contributed by atoms with Gasteiger partial charge in [0.25, 0.3) is 0 Å². The topological polar surface area (TPSA) is 75.4 Å². The predicted octanol–water partition coefficient (Wildman–Crippen LogP) is 2.71. The molecule has 0 bridgehead atoms. The zero-order chi connectivity index (χ0) is 17.7. The Hall–Kier alpha value is -1.69. The third-order valence-corrected chi connectivity index (χ3v) is 5.47. The number of nitrogens with one attached hydrogen (secondary N) is 1. The first-order chi connectivity index (χ1) is 11.3. The molecule has 1 saturated heterocycles. The zero-order valence-corrected chi connectivity index (χ0v) is 15.4. The average Bonchev–Trinajstić information content (AvgIpc) is 2.99. The van der Waals surface area contributed by atoms with Gasteiger partial charge in [-0.2, -0.15) is 0 Å². The number of amides is 3. The maximum atomic E-state index is 12.8. The molecule has 5 nitrogen and oxygen atoms in total. The van der Waals surface area contributed by atoms with Gasteiger partial charge in [-0.3, -0.25) is 4.79 Å². The number of rotatable bonds is 5. The van der Waals surface area contributed by atoms with Crippen LogP contribution in [-0.2, 0) is 4.79 Å². The van der Waals surface area contributed by atoms with Crippen LogP contribution < -0.4 is 11.1 Å². The Balaban J connectivity index is 1.91. The van der Waals surface area contributed by atoms with Gasteiger partial charge in [0.1, 0.15) is 6.04 Å². The average molecular weight is 350 g/mol. The van der Waals surface area contributed by atoms with E-state index < -0.39 is 12.1 Å². The number of carbonyl (C=O) groups excluding carboxylic acids is 2. The fourth-order valence-electron chi connectivity index (χ4n) is 2.87. The molecule has 0 saturated carbocycles. The lowest BCUT2D eigenvalue weighted by atomic mass is 9.86. The lowest BCUT2D eigenvalue weighted by Crippen LogP contribution is -2.55. The summed E-state index contributed by atoms with van der Waals surface area (Å²) in [5.74, 6) is 1.44. The van der Waals surface area contributed by atoms with Crippen LogP contribution in [0.1, 0.15) is 27.2 Å². The van der Waals surface area contributed by atoms with Crippen molar-refractivity contribution in [1.82, 2.24) is 10.2 Å². The third-order valence-electron chi connectivity index (χ3n) is 4.23. The summed E-state index contributed by atoms with van der Waals surface area (Å²) in [5, 5.41) is 2.61. The molecule has 1 aromatic carbocycles. The van der Waals surface area contributed by atoms with Crippen molar-refractivity contribution in [3.8, 4) is 0 Å². The van der Waals surface area contributed by atoms with E-state index >= 15 is 0 Å². The van der Waals surface area contributed by atoms with Gasteiger partial charge in [-0.25, -0.2) is 4.79 Å². The monoisotopic (exact) mass is 349 g/mol. The van der Waals surface area contributed by atoms with Crippen LogP contribution in [0, 0.1) is 11.3 Å². The van der Waals surface area contributed by atoms with E-state index in [2.05, 4.69) is 17.4 Å². The Labute approximate surface area is 148 Å². The summed E-state index contributed by atoms with van der Waals surface area (Å²) in [4.78, 5) is 27.2. The molecule has 24 heavy (non-hydrogen) atoms. The highest BCUT2D eigenvalue weighted by atomic mass is 32.2. The van der Waals surface area contributed by atoms with Crippen molar-refractivity contribution in [2.45, 2.75) is 38.1 Å². The molecule has 0 aliphatic carbocycles. The number of carbonyl (C=O) groups is 2. The molecule has 3 N–H and O–H groups in total. The van der Waals surface area contributed by atoms with Gasteiger partial charge in [0.05, 0.1) is 0 Å². The van der Waals surface area contributed by atoms with Crippen molar-refractivity contribution in [3.63, 3.8) is 0 Å². The second-order valence-electron chi connectivity index (χ2n) is 7.37. The second-order valence-corrected chi connectivity index (χ2v) is 8.46. The highest BCUT2D eigenvalue weighted by Gasteiger charge is 2.37. The van der Waals surface area contributed by atoms with Crippen LogP contribution >= 0.6 is 11.8 Å². The molecular weight excluding hydrogens is 322 g/mol.